The van der Waals surface area contributed by atoms with Gasteiger partial charge in [0.1, 0.15) is 0 Å². The monoisotopic (exact) mass is 499 g/mol. The molecule has 35 heavy (non-hydrogen) atoms. The van der Waals surface area contributed by atoms with Gasteiger partial charge in [-0.1, -0.05) is 17.7 Å². The average molecular weight is 500 g/mol. The number of fused-ring (bicyclic) bond motifs is 1. The molecule has 0 spiro atoms. The highest BCUT2D eigenvalue weighted by Gasteiger charge is 2.28. The Morgan fingerprint density at radius 3 is 2.34 bits per heavy atom. The van der Waals surface area contributed by atoms with Crippen molar-refractivity contribution in [3.63, 3.8) is 0 Å². The van der Waals surface area contributed by atoms with Gasteiger partial charge < -0.3 is 20.3 Å². The van der Waals surface area contributed by atoms with Gasteiger partial charge >= 0.3 is 17.7 Å². The third kappa shape index (κ3) is 4.86. The van der Waals surface area contributed by atoms with Crippen molar-refractivity contribution >= 4 is 51.7 Å². The number of esters is 1. The van der Waals surface area contributed by atoms with Gasteiger partial charge in [-0.05, 0) is 56.5 Å². The average Bonchev–Trinajstić information content (AvgIpc) is 3.05. The van der Waals surface area contributed by atoms with E-state index in [1.807, 2.05) is 19.1 Å². The molecule has 1 fully saturated rings. The van der Waals surface area contributed by atoms with Crippen molar-refractivity contribution in [3.8, 4) is 0 Å². The Morgan fingerprint density at radius 1 is 1.06 bits per heavy atom. The van der Waals surface area contributed by atoms with Gasteiger partial charge in [0.05, 0.1) is 34.9 Å². The Labute approximate surface area is 208 Å². The molecule has 2 amide bonds. The number of amides is 2. The van der Waals surface area contributed by atoms with E-state index in [0.717, 1.165) is 16.8 Å². The number of benzene rings is 2. The van der Waals surface area contributed by atoms with Crippen molar-refractivity contribution in [2.45, 2.75) is 26.7 Å². The summed E-state index contributed by atoms with van der Waals surface area (Å²) in [4.78, 5) is 39.8. The lowest BCUT2D eigenvalue weighted by atomic mass is 9.96. The quantitative estimate of drug-likeness (QED) is 0.511. The summed E-state index contributed by atoms with van der Waals surface area (Å²) in [7, 11) is 3.43. The number of urea groups is 1. The molecule has 2 N–H and O–H groups in total. The summed E-state index contributed by atoms with van der Waals surface area (Å²) < 4.78 is 8.33. The molecule has 0 bridgehead atoms. The van der Waals surface area contributed by atoms with E-state index in [-0.39, 0.29) is 17.6 Å². The van der Waals surface area contributed by atoms with Crippen molar-refractivity contribution in [2.75, 3.05) is 35.2 Å². The van der Waals surface area contributed by atoms with Crippen LogP contribution in [-0.2, 0) is 23.6 Å². The third-order valence-electron chi connectivity index (χ3n) is 6.61. The van der Waals surface area contributed by atoms with Crippen molar-refractivity contribution in [3.05, 3.63) is 51.4 Å². The number of aromatic nitrogens is 2. The molecule has 1 aromatic heterocycles. The fourth-order valence-electron chi connectivity index (χ4n) is 4.53. The molecule has 1 aliphatic rings. The van der Waals surface area contributed by atoms with E-state index in [1.54, 1.807) is 48.4 Å². The zero-order valence-corrected chi connectivity index (χ0v) is 21.1. The van der Waals surface area contributed by atoms with Crippen molar-refractivity contribution < 1.29 is 14.3 Å². The van der Waals surface area contributed by atoms with E-state index in [4.69, 9.17) is 16.3 Å². The fraction of sp³-hybridized carbons (Fsp3) is 0.400. The molecule has 2 aromatic carbocycles. The van der Waals surface area contributed by atoms with Crippen LogP contribution in [0, 0.1) is 12.8 Å². The van der Waals surface area contributed by atoms with Crippen LogP contribution in [0.2, 0.25) is 5.02 Å². The molecule has 0 unspecified atom stereocenters. The normalized spacial score (nSPS) is 14.3. The second-order valence-electron chi connectivity index (χ2n) is 8.76. The highest BCUT2D eigenvalue weighted by atomic mass is 35.5. The molecular weight excluding hydrogens is 470 g/mol. The number of nitrogens with one attached hydrogen (secondary N) is 2. The molecule has 1 aliphatic heterocycles. The highest BCUT2D eigenvalue weighted by molar-refractivity contribution is 6.31. The van der Waals surface area contributed by atoms with E-state index < -0.39 is 6.03 Å². The van der Waals surface area contributed by atoms with Crippen molar-refractivity contribution in [2.24, 2.45) is 20.0 Å². The summed E-state index contributed by atoms with van der Waals surface area (Å²) in [5, 5.41) is 6.37. The molecular formula is C25H30ClN5O4. The predicted octanol–water partition coefficient (Wildman–Crippen LogP) is 4.26. The fourth-order valence-corrected chi connectivity index (χ4v) is 4.71. The van der Waals surface area contributed by atoms with Crippen LogP contribution in [0.4, 0.5) is 21.9 Å². The van der Waals surface area contributed by atoms with Crippen LogP contribution in [-0.4, -0.2) is 40.8 Å². The summed E-state index contributed by atoms with van der Waals surface area (Å²) >= 11 is 6.19. The maximum Gasteiger partial charge on any atom is 0.328 e. The van der Waals surface area contributed by atoms with Crippen LogP contribution in [0.15, 0.2) is 35.1 Å². The number of hydrogen-bond acceptors (Lipinski definition) is 5. The minimum absolute atomic E-state index is 0.137. The smallest absolute Gasteiger partial charge is 0.328 e. The van der Waals surface area contributed by atoms with Gasteiger partial charge in [-0.25, -0.2) is 9.59 Å². The first-order chi connectivity index (χ1) is 16.7. The lowest BCUT2D eigenvalue weighted by Crippen LogP contribution is -2.37. The number of halogens is 1. The maximum absolute atomic E-state index is 13.0. The van der Waals surface area contributed by atoms with Crippen LogP contribution in [0.1, 0.15) is 25.3 Å². The van der Waals surface area contributed by atoms with Gasteiger partial charge in [0.15, 0.2) is 0 Å². The number of nitrogens with zero attached hydrogens (tertiary/aromatic N) is 3. The minimum atomic E-state index is -0.418. The Hall–Kier alpha value is -3.46. The molecule has 9 nitrogen and oxygen atoms in total. The molecule has 0 aliphatic carbocycles. The number of carbonyl (C=O) groups is 2. The number of hydrogen-bond donors (Lipinski definition) is 2. The van der Waals surface area contributed by atoms with Crippen LogP contribution in [0.25, 0.3) is 11.0 Å². The number of piperidine rings is 1. The van der Waals surface area contributed by atoms with Crippen molar-refractivity contribution in [1.29, 1.82) is 0 Å². The third-order valence-corrected chi connectivity index (χ3v) is 7.02. The largest absolute Gasteiger partial charge is 0.466 e. The minimum Gasteiger partial charge on any atom is -0.466 e. The first kappa shape index (κ1) is 24.7. The summed E-state index contributed by atoms with van der Waals surface area (Å²) in [5.41, 5.74) is 4.06. The molecule has 1 saturated heterocycles. The van der Waals surface area contributed by atoms with E-state index in [9.17, 15) is 14.4 Å². The molecule has 10 heteroatoms. The van der Waals surface area contributed by atoms with E-state index in [0.29, 0.717) is 54.5 Å². The Balaban J connectivity index is 1.65. The second kappa shape index (κ2) is 10.0. The number of carbonyl (C=O) groups excluding carboxylic acids is 2. The molecule has 0 atom stereocenters. The number of imidazole rings is 1. The number of aryl methyl sites for hydroxylation is 2. The van der Waals surface area contributed by atoms with E-state index in [1.165, 1.54) is 0 Å². The zero-order valence-electron chi connectivity index (χ0n) is 20.4. The lowest BCUT2D eigenvalue weighted by molar-refractivity contribution is -0.148. The number of anilines is 3. The van der Waals surface area contributed by atoms with Gasteiger partial charge in [-0.15, -0.1) is 0 Å². The highest BCUT2D eigenvalue weighted by Crippen LogP contribution is 2.34. The number of ether oxygens (including phenoxy) is 1. The summed E-state index contributed by atoms with van der Waals surface area (Å²) in [6, 6.07) is 8.64. The summed E-state index contributed by atoms with van der Waals surface area (Å²) in [6.45, 7) is 5.26. The predicted molar refractivity (Wildman–Crippen MR) is 139 cm³/mol. The van der Waals surface area contributed by atoms with Crippen LogP contribution in [0.5, 0.6) is 0 Å². The zero-order chi connectivity index (χ0) is 25.3. The second-order valence-corrected chi connectivity index (χ2v) is 9.17. The van der Waals surface area contributed by atoms with Gasteiger partial charge in [0, 0.05) is 37.9 Å². The van der Waals surface area contributed by atoms with Gasteiger partial charge in [0.25, 0.3) is 0 Å². The topological polar surface area (TPSA) is 97.6 Å². The van der Waals surface area contributed by atoms with Crippen LogP contribution >= 0.6 is 11.6 Å². The molecule has 0 radical (unpaired) electrons. The Kier molecular flexibility index (Phi) is 7.07. The van der Waals surface area contributed by atoms with Crippen LogP contribution in [0.3, 0.4) is 0 Å². The first-order valence-electron chi connectivity index (χ1n) is 11.7. The molecule has 0 saturated carbocycles. The molecule has 2 heterocycles. The Bertz CT molecular complexity index is 1340. The standard InChI is InChI=1S/C25H30ClN5O4/c1-5-35-23(32)16-9-11-31(12-10-16)20-14-22-21(29(3)25(34)30(22)4)13-19(20)28-24(33)27-18-8-6-7-17(26)15(18)2/h6-8,13-14,16H,5,9-12H2,1-4H3,(H2,27,28,33). The SMILES string of the molecule is CCOC(=O)C1CCN(c2cc3c(cc2NC(=O)Nc2cccc(Cl)c2C)n(C)c(=O)n3C)CC1. The first-order valence-corrected chi connectivity index (χ1v) is 12.0. The Morgan fingerprint density at radius 2 is 1.69 bits per heavy atom. The summed E-state index contributed by atoms with van der Waals surface area (Å²) in [5.74, 6) is -0.302. The van der Waals surface area contributed by atoms with Crippen LogP contribution < -0.4 is 21.2 Å². The number of rotatable bonds is 5. The molecule has 186 valence electrons. The molecule has 4 rings (SSSR count). The van der Waals surface area contributed by atoms with Crippen molar-refractivity contribution in [1.82, 2.24) is 9.13 Å². The van der Waals surface area contributed by atoms with E-state index in [2.05, 4.69) is 15.5 Å². The van der Waals surface area contributed by atoms with E-state index >= 15 is 0 Å². The van der Waals surface area contributed by atoms with Gasteiger partial charge in [-0.2, -0.15) is 0 Å². The van der Waals surface area contributed by atoms with Gasteiger partial charge in [0.2, 0.25) is 0 Å². The summed E-state index contributed by atoms with van der Waals surface area (Å²) in [6.07, 6.45) is 1.30. The molecule has 3 aromatic rings. The lowest BCUT2D eigenvalue weighted by Gasteiger charge is -2.34. The van der Waals surface area contributed by atoms with Gasteiger partial charge in [-0.3, -0.25) is 13.9 Å². The maximum atomic E-state index is 13.0.